The number of hydrogen-bond donors (Lipinski definition) is 1. The lowest BCUT2D eigenvalue weighted by atomic mass is 10.2. The van der Waals surface area contributed by atoms with E-state index in [1.54, 1.807) is 23.7 Å². The molecule has 0 bridgehead atoms. The number of halogens is 2. The number of benzene rings is 2. The summed E-state index contributed by atoms with van der Waals surface area (Å²) in [7, 11) is 0. The second-order valence-electron chi connectivity index (χ2n) is 5.70. The first kappa shape index (κ1) is 18.6. The van der Waals surface area contributed by atoms with Crippen LogP contribution in [0.15, 0.2) is 42.5 Å². The molecular weight excluding hydrogens is 356 g/mol. The summed E-state index contributed by atoms with van der Waals surface area (Å²) < 4.78 is 36.4. The summed E-state index contributed by atoms with van der Waals surface area (Å²) in [4.78, 5) is 0. The highest BCUT2D eigenvalue weighted by Gasteiger charge is 2.13. The van der Waals surface area contributed by atoms with Crippen molar-refractivity contribution in [3.63, 3.8) is 0 Å². The maximum Gasteiger partial charge on any atom is 0.387 e. The Morgan fingerprint density at radius 2 is 1.89 bits per heavy atom. The molecule has 9 heteroatoms. The molecule has 0 aliphatic heterocycles. The summed E-state index contributed by atoms with van der Waals surface area (Å²) >= 11 is 0. The predicted octanol–water partition coefficient (Wildman–Crippen LogP) is 3.58. The molecule has 0 aliphatic rings. The van der Waals surface area contributed by atoms with Crippen LogP contribution in [0.1, 0.15) is 18.1 Å². The number of ether oxygens (including phenoxy) is 2. The highest BCUT2D eigenvalue weighted by atomic mass is 19.3. The maximum atomic E-state index is 12.5. The molecule has 0 unspecified atom stereocenters. The van der Waals surface area contributed by atoms with Crippen LogP contribution in [0.5, 0.6) is 11.5 Å². The van der Waals surface area contributed by atoms with E-state index >= 15 is 0 Å². The average Bonchev–Trinajstić information content (AvgIpc) is 3.11. The minimum Gasteiger partial charge on any atom is -0.490 e. The first-order valence-corrected chi connectivity index (χ1v) is 8.36. The van der Waals surface area contributed by atoms with Gasteiger partial charge in [-0.1, -0.05) is 28.9 Å². The smallest absolute Gasteiger partial charge is 0.387 e. The Labute approximate surface area is 154 Å². The van der Waals surface area contributed by atoms with Gasteiger partial charge in [0, 0.05) is 6.54 Å². The van der Waals surface area contributed by atoms with Crippen LogP contribution in [-0.2, 0) is 6.54 Å². The Balaban J connectivity index is 1.74. The van der Waals surface area contributed by atoms with E-state index < -0.39 is 6.61 Å². The molecule has 0 amide bonds. The van der Waals surface area contributed by atoms with Crippen molar-refractivity contribution < 1.29 is 18.3 Å². The van der Waals surface area contributed by atoms with Crippen molar-refractivity contribution in [1.29, 1.82) is 0 Å². The van der Waals surface area contributed by atoms with Gasteiger partial charge in [-0.15, -0.1) is 0 Å². The van der Waals surface area contributed by atoms with Gasteiger partial charge in [0.2, 0.25) is 5.95 Å². The van der Waals surface area contributed by atoms with E-state index in [1.807, 2.05) is 31.2 Å². The van der Waals surface area contributed by atoms with Crippen LogP contribution in [0.3, 0.4) is 0 Å². The van der Waals surface area contributed by atoms with Crippen molar-refractivity contribution in [3.8, 4) is 17.2 Å². The lowest BCUT2D eigenvalue weighted by Gasteiger charge is -2.13. The Hall–Kier alpha value is -3.23. The fourth-order valence-corrected chi connectivity index (χ4v) is 2.46. The number of anilines is 1. The second-order valence-corrected chi connectivity index (χ2v) is 5.70. The van der Waals surface area contributed by atoms with Crippen molar-refractivity contribution in [2.45, 2.75) is 27.0 Å². The number of aromatic nitrogens is 4. The zero-order valence-electron chi connectivity index (χ0n) is 14.9. The van der Waals surface area contributed by atoms with E-state index in [0.717, 1.165) is 16.8 Å². The summed E-state index contributed by atoms with van der Waals surface area (Å²) in [6.45, 7) is 1.57. The largest absolute Gasteiger partial charge is 0.490 e. The first-order chi connectivity index (χ1) is 13.1. The van der Waals surface area contributed by atoms with Gasteiger partial charge >= 0.3 is 6.61 Å². The van der Waals surface area contributed by atoms with Gasteiger partial charge in [0.05, 0.1) is 12.3 Å². The molecule has 0 radical (unpaired) electrons. The zero-order chi connectivity index (χ0) is 19.2. The molecule has 7 nitrogen and oxygen atoms in total. The maximum absolute atomic E-state index is 12.5. The van der Waals surface area contributed by atoms with Gasteiger partial charge in [-0.25, -0.2) is 0 Å². The van der Waals surface area contributed by atoms with Crippen molar-refractivity contribution in [2.75, 3.05) is 11.9 Å². The third kappa shape index (κ3) is 4.69. The van der Waals surface area contributed by atoms with Crippen molar-refractivity contribution in [1.82, 2.24) is 20.2 Å². The van der Waals surface area contributed by atoms with Gasteiger partial charge in [0.1, 0.15) is 0 Å². The monoisotopic (exact) mass is 375 g/mol. The van der Waals surface area contributed by atoms with Crippen LogP contribution in [0.4, 0.5) is 14.7 Å². The number of alkyl halides is 2. The molecule has 0 saturated carbocycles. The second kappa shape index (κ2) is 8.43. The number of rotatable bonds is 8. The van der Waals surface area contributed by atoms with E-state index in [9.17, 15) is 8.78 Å². The third-order valence-corrected chi connectivity index (χ3v) is 3.72. The molecule has 1 aromatic heterocycles. The summed E-state index contributed by atoms with van der Waals surface area (Å²) in [6, 6.07) is 12.5. The van der Waals surface area contributed by atoms with Gasteiger partial charge in [-0.2, -0.15) is 13.5 Å². The molecule has 0 aliphatic carbocycles. The highest BCUT2D eigenvalue weighted by molar-refractivity contribution is 5.45. The Morgan fingerprint density at radius 3 is 2.59 bits per heavy atom. The summed E-state index contributed by atoms with van der Waals surface area (Å²) in [5, 5.41) is 14.8. The Morgan fingerprint density at radius 1 is 1.11 bits per heavy atom. The van der Waals surface area contributed by atoms with E-state index in [4.69, 9.17) is 4.74 Å². The molecular formula is C18H19F2N5O2. The normalized spacial score (nSPS) is 10.9. The summed E-state index contributed by atoms with van der Waals surface area (Å²) in [5.41, 5.74) is 2.76. The molecule has 1 heterocycles. The fourth-order valence-electron chi connectivity index (χ4n) is 2.46. The number of nitrogens with one attached hydrogen (secondary N) is 1. The minimum absolute atomic E-state index is 0.0000823. The molecule has 27 heavy (non-hydrogen) atoms. The zero-order valence-corrected chi connectivity index (χ0v) is 14.9. The van der Waals surface area contributed by atoms with E-state index in [-0.39, 0.29) is 11.5 Å². The predicted molar refractivity (Wildman–Crippen MR) is 95.5 cm³/mol. The quantitative estimate of drug-likeness (QED) is 0.649. The van der Waals surface area contributed by atoms with Crippen molar-refractivity contribution >= 4 is 5.95 Å². The standard InChI is InChI=1S/C18H19F2N5O2/c1-3-26-16-10-13(6-9-15(16)27-17(19)20)11-21-18-22-23-24-25(18)14-7-4-12(2)5-8-14/h4-10,17H,3,11H2,1-2H3,(H,21,22,24). The first-order valence-electron chi connectivity index (χ1n) is 8.36. The molecule has 0 spiro atoms. The van der Waals surface area contributed by atoms with Gasteiger partial charge in [0.25, 0.3) is 0 Å². The average molecular weight is 375 g/mol. The van der Waals surface area contributed by atoms with Crippen molar-refractivity contribution in [2.24, 2.45) is 0 Å². The van der Waals surface area contributed by atoms with Crippen LogP contribution in [-0.4, -0.2) is 33.4 Å². The van der Waals surface area contributed by atoms with Crippen LogP contribution in [0, 0.1) is 6.92 Å². The molecule has 2 aromatic carbocycles. The summed E-state index contributed by atoms with van der Waals surface area (Å²) in [6.07, 6.45) is 0. The molecule has 142 valence electrons. The number of hydrogen-bond acceptors (Lipinski definition) is 6. The number of nitrogens with zero attached hydrogens (tertiary/aromatic N) is 4. The Kier molecular flexibility index (Phi) is 5.80. The van der Waals surface area contributed by atoms with Crippen LogP contribution in [0.25, 0.3) is 5.69 Å². The van der Waals surface area contributed by atoms with Crippen LogP contribution >= 0.6 is 0 Å². The van der Waals surface area contributed by atoms with E-state index in [1.165, 1.54) is 6.07 Å². The minimum atomic E-state index is -2.91. The molecule has 3 rings (SSSR count). The van der Waals surface area contributed by atoms with Crippen LogP contribution in [0.2, 0.25) is 0 Å². The molecule has 1 N–H and O–H groups in total. The molecule has 0 fully saturated rings. The van der Waals surface area contributed by atoms with Gasteiger partial charge in [-0.3, -0.25) is 0 Å². The fraction of sp³-hybridized carbons (Fsp3) is 0.278. The number of aryl methyl sites for hydroxylation is 1. The number of tetrazole rings is 1. The third-order valence-electron chi connectivity index (χ3n) is 3.72. The van der Waals surface area contributed by atoms with E-state index in [2.05, 4.69) is 25.6 Å². The molecule has 0 atom stereocenters. The van der Waals surface area contributed by atoms with Gasteiger partial charge in [-0.05, 0) is 54.1 Å². The van der Waals surface area contributed by atoms with Crippen LogP contribution < -0.4 is 14.8 Å². The SMILES string of the molecule is CCOc1cc(CNc2nnnn2-c2ccc(C)cc2)ccc1OC(F)F. The summed E-state index contributed by atoms with van der Waals surface area (Å²) in [5.74, 6) is 0.722. The topological polar surface area (TPSA) is 74.1 Å². The van der Waals surface area contributed by atoms with Gasteiger partial charge in [0.15, 0.2) is 11.5 Å². The Bertz CT molecular complexity index is 884. The lowest BCUT2D eigenvalue weighted by Crippen LogP contribution is -2.08. The molecule has 0 saturated heterocycles. The molecule has 3 aromatic rings. The highest BCUT2D eigenvalue weighted by Crippen LogP contribution is 2.30. The van der Waals surface area contributed by atoms with Gasteiger partial charge < -0.3 is 14.8 Å². The van der Waals surface area contributed by atoms with Crippen molar-refractivity contribution in [3.05, 3.63) is 53.6 Å². The van der Waals surface area contributed by atoms with E-state index in [0.29, 0.717) is 19.1 Å². The lowest BCUT2D eigenvalue weighted by molar-refractivity contribution is -0.0514.